The minimum atomic E-state index is -7.97. The number of hydrogen-bond donors (Lipinski definition) is 1. The predicted molar refractivity (Wildman–Crippen MR) is 66.9 cm³/mol. The monoisotopic (exact) mass is 440 g/mol. The summed E-state index contributed by atoms with van der Waals surface area (Å²) in [5.74, 6) is -37.7. The molecule has 0 aromatic heterocycles. The number of alkyl halides is 13. The lowest BCUT2D eigenvalue weighted by atomic mass is 9.89. The molecule has 0 bridgehead atoms. The molecule has 14 heteroatoms. The third kappa shape index (κ3) is 3.50. The Morgan fingerprint density at radius 3 is 1.39 bits per heavy atom. The Labute approximate surface area is 147 Å². The molecule has 0 spiro atoms. The summed E-state index contributed by atoms with van der Waals surface area (Å²) >= 11 is 0. The summed E-state index contributed by atoms with van der Waals surface area (Å²) in [5.41, 5.74) is -0.374. The second kappa shape index (κ2) is 6.95. The third-order valence-corrected chi connectivity index (χ3v) is 3.65. The summed E-state index contributed by atoms with van der Waals surface area (Å²) in [6, 6.07) is 5.41. The van der Waals surface area contributed by atoms with E-state index in [9.17, 15) is 57.1 Å². The molecule has 0 radical (unpaired) electrons. The van der Waals surface area contributed by atoms with E-state index in [0.29, 0.717) is 0 Å². The first kappa shape index (κ1) is 24.3. The predicted octanol–water partition coefficient (Wildman–Crippen LogP) is 5.33. The molecule has 0 aliphatic carbocycles. The number of aliphatic hydroxyl groups is 1. The number of rotatable bonds is 7. The number of aliphatic hydroxyl groups excluding tert-OH is 1. The molecule has 1 unspecified atom stereocenters. The fourth-order valence-corrected chi connectivity index (χ4v) is 1.96. The normalized spacial score (nSPS) is 16.2. The van der Waals surface area contributed by atoms with Crippen LogP contribution in [0.15, 0.2) is 30.3 Å². The zero-order valence-corrected chi connectivity index (χ0v) is 13.0. The quantitative estimate of drug-likeness (QED) is 0.569. The first-order chi connectivity index (χ1) is 12.2. The van der Waals surface area contributed by atoms with E-state index < -0.39 is 48.3 Å². The molecule has 0 aliphatic rings. The van der Waals surface area contributed by atoms with Gasteiger partial charge in [-0.2, -0.15) is 57.1 Å². The second-order valence-electron chi connectivity index (χ2n) is 5.62. The van der Waals surface area contributed by atoms with E-state index in [1.807, 2.05) is 0 Å². The highest BCUT2D eigenvalue weighted by Gasteiger charge is 2.91. The van der Waals surface area contributed by atoms with Crippen LogP contribution in [-0.4, -0.2) is 47.0 Å². The Kier molecular flexibility index (Phi) is 6.04. The van der Waals surface area contributed by atoms with Crippen LogP contribution in [0.3, 0.4) is 0 Å². The van der Waals surface area contributed by atoms with E-state index in [-0.39, 0.29) is 5.56 Å². The van der Waals surface area contributed by atoms with Crippen molar-refractivity contribution in [3.63, 3.8) is 0 Å². The first-order valence-corrected chi connectivity index (χ1v) is 6.93. The number of benzene rings is 1. The van der Waals surface area contributed by atoms with Crippen molar-refractivity contribution in [2.45, 2.75) is 48.3 Å². The molecule has 1 nitrogen and oxygen atoms in total. The number of hydrogen-bond acceptors (Lipinski definition) is 1. The SMILES string of the molecule is OC(Cc1ccccc1)C(F)(F)C(F)(F)C(F)(F)C(F)(F)C(F)(F)C(F)(F)F. The van der Waals surface area contributed by atoms with Crippen LogP contribution in [0.1, 0.15) is 5.56 Å². The van der Waals surface area contributed by atoms with Gasteiger partial charge in [0.1, 0.15) is 6.10 Å². The van der Waals surface area contributed by atoms with Gasteiger partial charge in [-0.15, -0.1) is 0 Å². The van der Waals surface area contributed by atoms with Crippen LogP contribution < -0.4 is 0 Å². The van der Waals surface area contributed by atoms with Gasteiger partial charge in [0.05, 0.1) is 0 Å². The fraction of sp³-hybridized carbons (Fsp3) is 0.571. The molecule has 0 saturated heterocycles. The highest BCUT2D eigenvalue weighted by atomic mass is 19.4. The molecule has 1 aromatic carbocycles. The third-order valence-electron chi connectivity index (χ3n) is 3.65. The second-order valence-corrected chi connectivity index (χ2v) is 5.62. The van der Waals surface area contributed by atoms with Gasteiger partial charge in [-0.1, -0.05) is 30.3 Å². The van der Waals surface area contributed by atoms with Crippen LogP contribution in [0.25, 0.3) is 0 Å². The van der Waals surface area contributed by atoms with Crippen LogP contribution in [0.4, 0.5) is 57.1 Å². The van der Waals surface area contributed by atoms with Gasteiger partial charge in [0.2, 0.25) is 0 Å². The Hall–Kier alpha value is -1.73. The Morgan fingerprint density at radius 1 is 0.607 bits per heavy atom. The lowest BCUT2D eigenvalue weighted by Crippen LogP contribution is -2.71. The van der Waals surface area contributed by atoms with Crippen LogP contribution >= 0.6 is 0 Å². The van der Waals surface area contributed by atoms with Crippen LogP contribution in [-0.2, 0) is 6.42 Å². The molecular formula is C14H9F13O. The van der Waals surface area contributed by atoms with E-state index in [2.05, 4.69) is 0 Å². The van der Waals surface area contributed by atoms with Gasteiger partial charge in [0, 0.05) is 6.42 Å². The smallest absolute Gasteiger partial charge is 0.386 e. The maximum atomic E-state index is 13.7. The molecule has 28 heavy (non-hydrogen) atoms. The number of halogens is 13. The van der Waals surface area contributed by atoms with Crippen molar-refractivity contribution < 1.29 is 62.2 Å². The Bertz CT molecular complexity index is 666. The summed E-state index contributed by atoms with van der Waals surface area (Å²) in [6.45, 7) is 0. The maximum absolute atomic E-state index is 13.7. The van der Waals surface area contributed by atoms with Gasteiger partial charge in [-0.25, -0.2) is 0 Å². The topological polar surface area (TPSA) is 20.2 Å². The molecule has 162 valence electrons. The Morgan fingerprint density at radius 2 is 1.00 bits per heavy atom. The molecule has 1 atom stereocenters. The summed E-state index contributed by atoms with van der Waals surface area (Å²) in [5, 5.41) is 9.14. The van der Waals surface area contributed by atoms with E-state index in [0.717, 1.165) is 24.3 Å². The van der Waals surface area contributed by atoms with Gasteiger partial charge < -0.3 is 5.11 Å². The lowest BCUT2D eigenvalue weighted by molar-refractivity contribution is -0.444. The molecule has 0 fully saturated rings. The molecule has 1 rings (SSSR count). The zero-order valence-electron chi connectivity index (χ0n) is 13.0. The maximum Gasteiger partial charge on any atom is 0.460 e. The zero-order chi connectivity index (χ0) is 22.4. The largest absolute Gasteiger partial charge is 0.460 e. The van der Waals surface area contributed by atoms with E-state index in [1.54, 1.807) is 0 Å². The molecule has 0 saturated carbocycles. The highest BCUT2D eigenvalue weighted by Crippen LogP contribution is 2.60. The molecular weight excluding hydrogens is 431 g/mol. The average Bonchev–Trinajstić information content (AvgIpc) is 2.53. The van der Waals surface area contributed by atoms with Crippen molar-refractivity contribution >= 4 is 0 Å². The summed E-state index contributed by atoms with van der Waals surface area (Å²) < 4.78 is 168. The summed E-state index contributed by atoms with van der Waals surface area (Å²) in [4.78, 5) is 0. The lowest BCUT2D eigenvalue weighted by Gasteiger charge is -2.40. The molecule has 1 N–H and O–H groups in total. The standard InChI is InChI=1S/C14H9F13O/c15-9(16,8(28)6-7-4-2-1-3-5-7)10(17,18)11(19,20)12(21,22)13(23,24)14(25,26)27/h1-5,8,28H,6H2. The van der Waals surface area contributed by atoms with E-state index >= 15 is 0 Å². The molecule has 0 heterocycles. The minimum Gasteiger partial charge on any atom is -0.386 e. The summed E-state index contributed by atoms with van der Waals surface area (Å²) in [7, 11) is 0. The van der Waals surface area contributed by atoms with Gasteiger partial charge in [0.25, 0.3) is 0 Å². The first-order valence-electron chi connectivity index (χ1n) is 6.93. The van der Waals surface area contributed by atoms with Crippen molar-refractivity contribution in [3.8, 4) is 0 Å². The van der Waals surface area contributed by atoms with Gasteiger partial charge in [0.15, 0.2) is 0 Å². The van der Waals surface area contributed by atoms with Crippen LogP contribution in [0, 0.1) is 0 Å². The van der Waals surface area contributed by atoms with Gasteiger partial charge in [-0.05, 0) is 5.56 Å². The average molecular weight is 440 g/mol. The molecule has 0 amide bonds. The van der Waals surface area contributed by atoms with E-state index in [4.69, 9.17) is 5.11 Å². The van der Waals surface area contributed by atoms with Crippen LogP contribution in [0.2, 0.25) is 0 Å². The van der Waals surface area contributed by atoms with Crippen molar-refractivity contribution in [2.24, 2.45) is 0 Å². The van der Waals surface area contributed by atoms with Crippen molar-refractivity contribution in [2.75, 3.05) is 0 Å². The molecule has 0 aliphatic heterocycles. The van der Waals surface area contributed by atoms with E-state index in [1.165, 1.54) is 6.07 Å². The highest BCUT2D eigenvalue weighted by molar-refractivity contribution is 5.18. The van der Waals surface area contributed by atoms with Crippen molar-refractivity contribution in [3.05, 3.63) is 35.9 Å². The Balaban J connectivity index is 3.36. The summed E-state index contributed by atoms with van der Waals surface area (Å²) in [6.07, 6.45) is -12.8. The van der Waals surface area contributed by atoms with Crippen molar-refractivity contribution in [1.82, 2.24) is 0 Å². The van der Waals surface area contributed by atoms with Crippen LogP contribution in [0.5, 0.6) is 0 Å². The minimum absolute atomic E-state index is 0.374. The van der Waals surface area contributed by atoms with Gasteiger partial charge >= 0.3 is 35.8 Å². The fourth-order valence-electron chi connectivity index (χ4n) is 1.96. The van der Waals surface area contributed by atoms with Gasteiger partial charge in [-0.3, -0.25) is 0 Å². The molecule has 1 aromatic rings. The van der Waals surface area contributed by atoms with Crippen molar-refractivity contribution in [1.29, 1.82) is 0 Å².